The predicted molar refractivity (Wildman–Crippen MR) is 80.0 cm³/mol. The molecule has 2 rings (SSSR count). The summed E-state index contributed by atoms with van der Waals surface area (Å²) >= 11 is 5.26. The van der Waals surface area contributed by atoms with Crippen molar-refractivity contribution in [2.45, 2.75) is 13.8 Å². The van der Waals surface area contributed by atoms with Gasteiger partial charge in [-0.2, -0.15) is 0 Å². The highest BCUT2D eigenvalue weighted by molar-refractivity contribution is 7.80. The maximum Gasteiger partial charge on any atom is 0.175 e. The molecule has 0 unspecified atom stereocenters. The first-order chi connectivity index (χ1) is 8.65. The van der Waals surface area contributed by atoms with E-state index in [2.05, 4.69) is 15.6 Å². The number of thiocarbonyl (C=S) groups is 1. The van der Waals surface area contributed by atoms with Gasteiger partial charge in [0.15, 0.2) is 5.11 Å². The van der Waals surface area contributed by atoms with Gasteiger partial charge in [-0.15, -0.1) is 0 Å². The van der Waals surface area contributed by atoms with E-state index in [0.29, 0.717) is 5.11 Å². The fourth-order valence-corrected chi connectivity index (χ4v) is 1.77. The predicted octanol–water partition coefficient (Wildman–Crippen LogP) is 3.51. The van der Waals surface area contributed by atoms with Crippen molar-refractivity contribution in [3.63, 3.8) is 0 Å². The zero-order chi connectivity index (χ0) is 13.0. The summed E-state index contributed by atoms with van der Waals surface area (Å²) in [5.41, 5.74) is 4.03. The van der Waals surface area contributed by atoms with E-state index in [9.17, 15) is 0 Å². The lowest BCUT2D eigenvalue weighted by Crippen LogP contribution is -2.19. The van der Waals surface area contributed by atoms with Crippen LogP contribution in [0.5, 0.6) is 0 Å². The molecule has 0 bridgehead atoms. The number of hydrogen-bond acceptors (Lipinski definition) is 2. The second-order valence-electron chi connectivity index (χ2n) is 4.08. The molecule has 2 aromatic rings. The van der Waals surface area contributed by atoms with Gasteiger partial charge in [-0.3, -0.25) is 4.98 Å². The normalized spacial score (nSPS) is 9.89. The van der Waals surface area contributed by atoms with Crippen LogP contribution in [0.15, 0.2) is 42.6 Å². The molecule has 0 aliphatic heterocycles. The fraction of sp³-hybridized carbons (Fsp3) is 0.143. The molecule has 0 amide bonds. The summed E-state index contributed by atoms with van der Waals surface area (Å²) in [6.07, 6.45) is 1.77. The van der Waals surface area contributed by atoms with E-state index in [1.807, 2.05) is 50.2 Å². The van der Waals surface area contributed by atoms with Crippen LogP contribution in [-0.4, -0.2) is 10.1 Å². The maximum absolute atomic E-state index is 5.26. The largest absolute Gasteiger partial charge is 0.332 e. The van der Waals surface area contributed by atoms with E-state index in [-0.39, 0.29) is 0 Å². The second-order valence-corrected chi connectivity index (χ2v) is 4.49. The molecule has 0 fully saturated rings. The molecular weight excluding hydrogens is 242 g/mol. The van der Waals surface area contributed by atoms with E-state index in [1.165, 1.54) is 0 Å². The van der Waals surface area contributed by atoms with Gasteiger partial charge >= 0.3 is 0 Å². The molecule has 2 N–H and O–H groups in total. The van der Waals surface area contributed by atoms with Crippen LogP contribution in [0.25, 0.3) is 0 Å². The topological polar surface area (TPSA) is 37.0 Å². The van der Waals surface area contributed by atoms with Crippen molar-refractivity contribution in [2.24, 2.45) is 0 Å². The Labute approximate surface area is 112 Å². The van der Waals surface area contributed by atoms with Gasteiger partial charge < -0.3 is 10.6 Å². The quantitative estimate of drug-likeness (QED) is 0.807. The number of aromatic nitrogens is 1. The SMILES string of the molecule is Cc1ccc(NC(=S)Nc2ccccc2C)cn1. The Hall–Kier alpha value is -1.94. The molecule has 3 nitrogen and oxygen atoms in total. The molecule has 0 aliphatic carbocycles. The van der Waals surface area contributed by atoms with E-state index in [1.54, 1.807) is 6.20 Å². The molecule has 0 saturated heterocycles. The molecule has 0 saturated carbocycles. The van der Waals surface area contributed by atoms with Crippen molar-refractivity contribution >= 4 is 28.7 Å². The van der Waals surface area contributed by atoms with Gasteiger partial charge in [0, 0.05) is 11.4 Å². The highest BCUT2D eigenvalue weighted by Crippen LogP contribution is 2.14. The number of rotatable bonds is 2. The van der Waals surface area contributed by atoms with Crippen LogP contribution in [0.2, 0.25) is 0 Å². The smallest absolute Gasteiger partial charge is 0.175 e. The first-order valence-corrected chi connectivity index (χ1v) is 6.12. The lowest BCUT2D eigenvalue weighted by molar-refractivity contribution is 1.20. The summed E-state index contributed by atoms with van der Waals surface area (Å²) in [7, 11) is 0. The molecule has 18 heavy (non-hydrogen) atoms. The van der Waals surface area contributed by atoms with E-state index in [4.69, 9.17) is 12.2 Å². The molecule has 4 heteroatoms. The number of benzene rings is 1. The van der Waals surface area contributed by atoms with Gasteiger partial charge in [0.2, 0.25) is 0 Å². The number of para-hydroxylation sites is 1. The van der Waals surface area contributed by atoms with E-state index >= 15 is 0 Å². The minimum Gasteiger partial charge on any atom is -0.332 e. The van der Waals surface area contributed by atoms with Crippen molar-refractivity contribution in [3.8, 4) is 0 Å². The molecule has 92 valence electrons. The van der Waals surface area contributed by atoms with E-state index in [0.717, 1.165) is 22.6 Å². The molecule has 0 radical (unpaired) electrons. The number of hydrogen-bond donors (Lipinski definition) is 2. The highest BCUT2D eigenvalue weighted by atomic mass is 32.1. The minimum atomic E-state index is 0.565. The summed E-state index contributed by atoms with van der Waals surface area (Å²) in [5, 5.41) is 6.83. The molecule has 0 atom stereocenters. The van der Waals surface area contributed by atoms with Crippen molar-refractivity contribution in [2.75, 3.05) is 10.6 Å². The van der Waals surface area contributed by atoms with Crippen LogP contribution in [0, 0.1) is 13.8 Å². The standard InChI is InChI=1S/C14H15N3S/c1-10-5-3-4-6-13(10)17-14(18)16-12-8-7-11(2)15-9-12/h3-9H,1-2H3,(H2,16,17,18). The average molecular weight is 257 g/mol. The van der Waals surface area contributed by atoms with Crippen LogP contribution in [0.1, 0.15) is 11.3 Å². The zero-order valence-electron chi connectivity index (χ0n) is 10.4. The number of pyridine rings is 1. The van der Waals surface area contributed by atoms with Crippen LogP contribution in [0.4, 0.5) is 11.4 Å². The summed E-state index contributed by atoms with van der Waals surface area (Å²) in [6, 6.07) is 11.9. The Kier molecular flexibility index (Phi) is 3.89. The monoisotopic (exact) mass is 257 g/mol. The van der Waals surface area contributed by atoms with Crippen LogP contribution < -0.4 is 10.6 Å². The van der Waals surface area contributed by atoms with Crippen molar-refractivity contribution in [3.05, 3.63) is 53.9 Å². The van der Waals surface area contributed by atoms with Crippen LogP contribution in [0.3, 0.4) is 0 Å². The van der Waals surface area contributed by atoms with Crippen molar-refractivity contribution in [1.29, 1.82) is 0 Å². The van der Waals surface area contributed by atoms with Gasteiger partial charge in [-0.1, -0.05) is 18.2 Å². The molecule has 1 aromatic heterocycles. The second kappa shape index (κ2) is 5.60. The molecular formula is C14H15N3S. The van der Waals surface area contributed by atoms with Gasteiger partial charge in [-0.05, 0) is 49.8 Å². The van der Waals surface area contributed by atoms with Crippen LogP contribution in [-0.2, 0) is 0 Å². The molecule has 1 aromatic carbocycles. The molecule has 0 spiro atoms. The number of nitrogens with one attached hydrogen (secondary N) is 2. The maximum atomic E-state index is 5.26. The third-order valence-corrected chi connectivity index (χ3v) is 2.77. The van der Waals surface area contributed by atoms with Crippen molar-refractivity contribution in [1.82, 2.24) is 4.98 Å². The summed E-state index contributed by atoms with van der Waals surface area (Å²) < 4.78 is 0. The summed E-state index contributed by atoms with van der Waals surface area (Å²) in [5.74, 6) is 0. The number of aryl methyl sites for hydroxylation is 2. The lowest BCUT2D eigenvalue weighted by atomic mass is 10.2. The fourth-order valence-electron chi connectivity index (χ4n) is 1.54. The Morgan fingerprint density at radius 1 is 1.06 bits per heavy atom. The summed E-state index contributed by atoms with van der Waals surface area (Å²) in [6.45, 7) is 3.99. The lowest BCUT2D eigenvalue weighted by Gasteiger charge is -2.12. The Morgan fingerprint density at radius 3 is 2.50 bits per heavy atom. The third kappa shape index (κ3) is 3.28. The first kappa shape index (κ1) is 12.5. The highest BCUT2D eigenvalue weighted by Gasteiger charge is 2.01. The van der Waals surface area contributed by atoms with Gasteiger partial charge in [-0.25, -0.2) is 0 Å². The van der Waals surface area contributed by atoms with Crippen LogP contribution >= 0.6 is 12.2 Å². The van der Waals surface area contributed by atoms with Gasteiger partial charge in [0.1, 0.15) is 0 Å². The van der Waals surface area contributed by atoms with E-state index < -0.39 is 0 Å². The Balaban J connectivity index is 2.01. The average Bonchev–Trinajstić information content (AvgIpc) is 2.35. The number of anilines is 2. The first-order valence-electron chi connectivity index (χ1n) is 5.71. The zero-order valence-corrected chi connectivity index (χ0v) is 11.2. The summed E-state index contributed by atoms with van der Waals surface area (Å²) in [4.78, 5) is 4.21. The molecule has 1 heterocycles. The molecule has 0 aliphatic rings. The number of nitrogens with zero attached hydrogens (tertiary/aromatic N) is 1. The van der Waals surface area contributed by atoms with Gasteiger partial charge in [0.05, 0.1) is 11.9 Å². The van der Waals surface area contributed by atoms with Crippen molar-refractivity contribution < 1.29 is 0 Å². The Bertz CT molecular complexity index is 549. The Morgan fingerprint density at radius 2 is 1.83 bits per heavy atom. The minimum absolute atomic E-state index is 0.565. The third-order valence-electron chi connectivity index (χ3n) is 2.56. The van der Waals surface area contributed by atoms with Gasteiger partial charge in [0.25, 0.3) is 0 Å².